The van der Waals surface area contributed by atoms with Crippen LogP contribution in [0.3, 0.4) is 0 Å². The van der Waals surface area contributed by atoms with Gasteiger partial charge in [0.1, 0.15) is 17.5 Å². The van der Waals surface area contributed by atoms with Crippen molar-refractivity contribution in [3.05, 3.63) is 48.5 Å². The Balaban J connectivity index is 2.30. The average molecular weight is 251 g/mol. The van der Waals surface area contributed by atoms with Gasteiger partial charge in [0.2, 0.25) is 0 Å². The average Bonchev–Trinajstić information content (AvgIpc) is 3.11. The fourth-order valence-corrected chi connectivity index (χ4v) is 1.80. The fraction of sp³-hybridized carbons (Fsp3) is 0. The third kappa shape index (κ3) is 1.81. The zero-order valence-corrected chi connectivity index (χ0v) is 9.80. The summed E-state index contributed by atoms with van der Waals surface area (Å²) in [5.74, 6) is 0.688. The van der Waals surface area contributed by atoms with Gasteiger partial charge < -0.3 is 5.73 Å². The van der Waals surface area contributed by atoms with E-state index in [0.717, 1.165) is 0 Å². The Bertz CT molecular complexity index is 680. The highest BCUT2D eigenvalue weighted by Gasteiger charge is 2.15. The Morgan fingerprint density at radius 2 is 1.79 bits per heavy atom. The number of nitriles is 1. The summed E-state index contributed by atoms with van der Waals surface area (Å²) >= 11 is 0. The Morgan fingerprint density at radius 1 is 1.11 bits per heavy atom. The van der Waals surface area contributed by atoms with Crippen LogP contribution in [0, 0.1) is 11.3 Å². The topological polar surface area (TPSA) is 98.3 Å². The largest absolute Gasteiger partial charge is 0.384 e. The molecule has 0 aliphatic heterocycles. The zero-order chi connectivity index (χ0) is 13.2. The van der Waals surface area contributed by atoms with E-state index >= 15 is 0 Å². The molecule has 3 aromatic heterocycles. The maximum absolute atomic E-state index is 9.37. The van der Waals surface area contributed by atoms with E-state index in [4.69, 9.17) is 5.73 Å². The van der Waals surface area contributed by atoms with E-state index in [1.54, 1.807) is 47.7 Å². The van der Waals surface area contributed by atoms with Crippen molar-refractivity contribution < 1.29 is 0 Å². The number of pyridine rings is 1. The third-order valence-electron chi connectivity index (χ3n) is 2.58. The molecule has 2 N–H and O–H groups in total. The van der Waals surface area contributed by atoms with Crippen molar-refractivity contribution in [2.24, 2.45) is 0 Å². The summed E-state index contributed by atoms with van der Waals surface area (Å²) in [6, 6.07) is 7.26. The summed E-state index contributed by atoms with van der Waals surface area (Å²) in [7, 11) is 0. The van der Waals surface area contributed by atoms with Crippen LogP contribution in [0.25, 0.3) is 11.5 Å². The molecule has 7 heteroatoms. The summed E-state index contributed by atoms with van der Waals surface area (Å²) < 4.78 is 3.07. The van der Waals surface area contributed by atoms with Crippen molar-refractivity contribution >= 4 is 5.82 Å². The van der Waals surface area contributed by atoms with Gasteiger partial charge in [0.25, 0.3) is 0 Å². The number of nitrogens with two attached hydrogens (primary N) is 1. The molecule has 0 aromatic carbocycles. The minimum atomic E-state index is 0.301. The predicted octanol–water partition coefficient (Wildman–Crippen LogP) is 0.907. The van der Waals surface area contributed by atoms with Gasteiger partial charge in [0.05, 0.1) is 5.69 Å². The maximum Gasteiger partial charge on any atom is 0.175 e. The molecule has 0 bridgehead atoms. The minimum absolute atomic E-state index is 0.301. The van der Waals surface area contributed by atoms with E-state index in [2.05, 4.69) is 21.3 Å². The van der Waals surface area contributed by atoms with Crippen molar-refractivity contribution in [2.75, 3.05) is 5.73 Å². The number of nitrogens with zero attached hydrogens (tertiary/aromatic N) is 6. The van der Waals surface area contributed by atoms with Crippen LogP contribution in [-0.4, -0.2) is 24.5 Å². The van der Waals surface area contributed by atoms with Gasteiger partial charge in [-0.15, -0.1) is 0 Å². The lowest BCUT2D eigenvalue weighted by Gasteiger charge is -2.10. The summed E-state index contributed by atoms with van der Waals surface area (Å²) in [4.78, 5) is 4.17. The van der Waals surface area contributed by atoms with Crippen LogP contribution in [0.15, 0.2) is 43.0 Å². The first-order chi connectivity index (χ1) is 9.29. The normalized spacial score (nSPS) is 10.3. The lowest BCUT2D eigenvalue weighted by Crippen LogP contribution is -2.09. The zero-order valence-electron chi connectivity index (χ0n) is 9.80. The van der Waals surface area contributed by atoms with E-state index in [9.17, 15) is 5.26 Å². The Hall–Kier alpha value is -3.14. The smallest absolute Gasteiger partial charge is 0.175 e. The van der Waals surface area contributed by atoms with Gasteiger partial charge in [-0.25, -0.2) is 14.3 Å². The van der Waals surface area contributed by atoms with Gasteiger partial charge in [-0.2, -0.15) is 15.5 Å². The Kier molecular flexibility index (Phi) is 2.47. The van der Waals surface area contributed by atoms with Gasteiger partial charge in [0, 0.05) is 30.9 Å². The van der Waals surface area contributed by atoms with Crippen molar-refractivity contribution in [1.82, 2.24) is 24.5 Å². The summed E-state index contributed by atoms with van der Waals surface area (Å²) in [5.41, 5.74) is 6.73. The molecule has 19 heavy (non-hydrogen) atoms. The molecule has 0 saturated heterocycles. The van der Waals surface area contributed by atoms with Gasteiger partial charge in [-0.3, -0.25) is 0 Å². The van der Waals surface area contributed by atoms with E-state index in [1.807, 2.05) is 0 Å². The number of hydrogen-bond acceptors (Lipinski definition) is 5. The number of hydrogen-bond donors (Lipinski definition) is 1. The molecule has 7 nitrogen and oxygen atoms in total. The second-order valence-electron chi connectivity index (χ2n) is 3.78. The van der Waals surface area contributed by atoms with Crippen LogP contribution in [0.1, 0.15) is 5.56 Å². The van der Waals surface area contributed by atoms with Crippen LogP contribution in [0.4, 0.5) is 5.82 Å². The van der Waals surface area contributed by atoms with Crippen molar-refractivity contribution in [2.45, 2.75) is 0 Å². The van der Waals surface area contributed by atoms with Crippen molar-refractivity contribution in [1.29, 1.82) is 5.26 Å². The molecule has 0 aliphatic carbocycles. The minimum Gasteiger partial charge on any atom is -0.384 e. The van der Waals surface area contributed by atoms with E-state index in [-0.39, 0.29) is 0 Å². The van der Waals surface area contributed by atoms with Crippen LogP contribution in [-0.2, 0) is 0 Å². The highest BCUT2D eigenvalue weighted by molar-refractivity contribution is 5.61. The van der Waals surface area contributed by atoms with Crippen LogP contribution >= 0.6 is 0 Å². The lowest BCUT2D eigenvalue weighted by atomic mass is 10.2. The number of rotatable bonds is 2. The highest BCUT2D eigenvalue weighted by Crippen LogP contribution is 2.21. The molecule has 3 rings (SSSR count). The molecular weight excluding hydrogens is 242 g/mol. The van der Waals surface area contributed by atoms with E-state index in [1.165, 1.54) is 4.68 Å². The molecular formula is C12H9N7. The van der Waals surface area contributed by atoms with Gasteiger partial charge in [-0.1, -0.05) is 0 Å². The number of nitrogen functional groups attached to an aromatic ring is 1. The molecule has 0 aliphatic rings. The molecule has 0 saturated carbocycles. The summed E-state index contributed by atoms with van der Waals surface area (Å²) in [6.45, 7) is 0. The molecule has 3 heterocycles. The van der Waals surface area contributed by atoms with Crippen LogP contribution in [0.5, 0.6) is 0 Å². The van der Waals surface area contributed by atoms with Gasteiger partial charge in [0.15, 0.2) is 5.82 Å². The second-order valence-corrected chi connectivity index (χ2v) is 3.78. The molecule has 92 valence electrons. The molecule has 0 radical (unpaired) electrons. The first-order valence-corrected chi connectivity index (χ1v) is 5.50. The van der Waals surface area contributed by atoms with Gasteiger partial charge in [-0.05, 0) is 12.1 Å². The Labute approximate surface area is 108 Å². The molecule has 0 amide bonds. The van der Waals surface area contributed by atoms with Crippen molar-refractivity contribution in [3.63, 3.8) is 0 Å². The van der Waals surface area contributed by atoms with Crippen LogP contribution in [0.2, 0.25) is 0 Å². The third-order valence-corrected chi connectivity index (χ3v) is 2.58. The maximum atomic E-state index is 9.37. The predicted molar refractivity (Wildman–Crippen MR) is 67.6 cm³/mol. The fourth-order valence-electron chi connectivity index (χ4n) is 1.80. The molecule has 0 atom stereocenters. The SMILES string of the molecule is N#Cc1c(-n2cccn2)cc(N)nc1-n1cccn1. The number of anilines is 1. The van der Waals surface area contributed by atoms with Crippen molar-refractivity contribution in [3.8, 4) is 17.6 Å². The van der Waals surface area contributed by atoms with E-state index < -0.39 is 0 Å². The lowest BCUT2D eigenvalue weighted by molar-refractivity contribution is 0.826. The monoisotopic (exact) mass is 251 g/mol. The van der Waals surface area contributed by atoms with E-state index in [0.29, 0.717) is 22.9 Å². The molecule has 0 fully saturated rings. The Morgan fingerprint density at radius 3 is 2.37 bits per heavy atom. The highest BCUT2D eigenvalue weighted by atomic mass is 15.3. The van der Waals surface area contributed by atoms with Gasteiger partial charge >= 0.3 is 0 Å². The summed E-state index contributed by atoms with van der Waals surface area (Å²) in [6.07, 6.45) is 6.68. The molecule has 3 aromatic rings. The summed E-state index contributed by atoms with van der Waals surface area (Å²) in [5, 5.41) is 17.6. The number of aromatic nitrogens is 5. The first kappa shape index (κ1) is 11.0. The molecule has 0 spiro atoms. The first-order valence-electron chi connectivity index (χ1n) is 5.50. The van der Waals surface area contributed by atoms with Crippen LogP contribution < -0.4 is 5.73 Å². The molecule has 0 unspecified atom stereocenters. The second kappa shape index (κ2) is 4.27. The quantitative estimate of drug-likeness (QED) is 0.729. The standard InChI is InChI=1S/C12H9N7/c13-8-9-10(18-5-1-3-15-18)7-11(14)17-12(9)19-6-2-4-16-19/h1-7H,(H2,14,17).